The van der Waals surface area contributed by atoms with Crippen molar-refractivity contribution in [3.05, 3.63) is 0 Å². The Hall–Kier alpha value is 3.95. The molecule has 0 bridgehead atoms. The topological polar surface area (TPSA) is 77.8 Å². The number of hydrogen-bond acceptors (Lipinski definition) is 1. The maximum atomic E-state index is 8.88. The van der Waals surface area contributed by atoms with Gasteiger partial charge in [-0.15, -0.1) is 0 Å². The van der Waals surface area contributed by atoms with E-state index in [0.29, 0.717) is 0 Å². The van der Waals surface area contributed by atoms with Crippen LogP contribution in [0, 0.1) is 0 Å². The van der Waals surface area contributed by atoms with Crippen LogP contribution in [0.3, 0.4) is 0 Å². The second kappa shape index (κ2) is 11.0. The van der Waals surface area contributed by atoms with Gasteiger partial charge < -0.3 is 20.4 Å². The zero-order chi connectivity index (χ0) is 4.50. The molecule has 0 spiro atoms. The quantitative estimate of drug-likeness (QED) is 0.386. The minimum atomic E-state index is -4.64. The molecule has 8 heavy (non-hydrogen) atoms. The van der Waals surface area contributed by atoms with E-state index in [0.717, 1.165) is 0 Å². The maximum absolute atomic E-state index is 8.88. The minimum absolute atomic E-state index is 0. The van der Waals surface area contributed by atoms with E-state index in [-0.39, 0.29) is 122 Å². The van der Waals surface area contributed by atoms with Crippen LogP contribution < -0.4 is 0 Å². The summed E-state index contributed by atoms with van der Waals surface area (Å²) in [6.45, 7) is 0. The summed E-state index contributed by atoms with van der Waals surface area (Å²) in [5.41, 5.74) is 0. The van der Waals surface area contributed by atoms with Gasteiger partial charge in [0.05, 0.1) is 0 Å². The van der Waals surface area contributed by atoms with Crippen LogP contribution in [-0.2, 0) is 37.3 Å². The monoisotopic (exact) mass is 319 g/mol. The third-order valence-electron chi connectivity index (χ3n) is 0. The predicted molar refractivity (Wildman–Crippen MR) is 30.2 cm³/mol. The first-order chi connectivity index (χ1) is 2.00. The van der Waals surface area contributed by atoms with Gasteiger partial charge in [0.2, 0.25) is 0 Å². The summed E-state index contributed by atoms with van der Waals surface area (Å²) < 4.78 is 8.88. The van der Waals surface area contributed by atoms with Gasteiger partial charge in [0, 0.05) is 32.7 Å². The van der Waals surface area contributed by atoms with Crippen LogP contribution >= 0.6 is 7.82 Å². The number of phosphoric acid groups is 1. The Morgan fingerprint density at radius 3 is 1.25 bits per heavy atom. The van der Waals surface area contributed by atoms with Crippen molar-refractivity contribution in [3.8, 4) is 0 Å². The molecule has 0 atom stereocenters. The number of hydrogen-bond donors (Lipinski definition) is 3. The van der Waals surface area contributed by atoms with Crippen molar-refractivity contribution >= 4 is 91.0 Å². The molecule has 0 aromatic heterocycles. The summed E-state index contributed by atoms with van der Waals surface area (Å²) >= 11 is 0. The smallest absolute Gasteiger partial charge is 1.00 e. The van der Waals surface area contributed by atoms with Crippen LogP contribution in [0.1, 0.15) is 5.71 Å². The molecule has 1 radical (unpaired) electrons. The Morgan fingerprint density at radius 1 is 1.25 bits per heavy atom. The van der Waals surface area contributed by atoms with Crippen molar-refractivity contribution in [1.82, 2.24) is 0 Å². The number of rotatable bonds is 0. The van der Waals surface area contributed by atoms with Crippen LogP contribution in [0.2, 0.25) is 0 Å². The van der Waals surface area contributed by atoms with E-state index in [1.54, 1.807) is 0 Å². The third-order valence-corrected chi connectivity index (χ3v) is 0. The first-order valence-corrected chi connectivity index (χ1v) is 2.35. The summed E-state index contributed by atoms with van der Waals surface area (Å²) in [7, 11) is -4.64. The van der Waals surface area contributed by atoms with Crippen LogP contribution in [0.4, 0.5) is 0 Å². The fourth-order valence-electron chi connectivity index (χ4n) is 0. The Kier molecular flexibility index (Phi) is 31.0. The molecule has 0 aromatic carbocycles. The SMILES string of the molecule is O=P(O)(O)O.[Ca+2].[H-].[H-].[H-].[H-].[Sr+2].[Y]. The van der Waals surface area contributed by atoms with Crippen molar-refractivity contribution < 1.29 is 57.7 Å². The molecule has 4 nitrogen and oxygen atoms in total. The summed E-state index contributed by atoms with van der Waals surface area (Å²) in [4.78, 5) is 21.6. The fraction of sp³-hybridized carbons (Fsp3) is 0. The summed E-state index contributed by atoms with van der Waals surface area (Å²) in [5.74, 6) is 0. The van der Waals surface area contributed by atoms with Crippen LogP contribution in [0.5, 0.6) is 0 Å². The normalized spacial score (nSPS) is 7.38. The molecule has 0 rings (SSSR count). The first-order valence-electron chi connectivity index (χ1n) is 0.783. The van der Waals surface area contributed by atoms with E-state index in [1.165, 1.54) is 0 Å². The van der Waals surface area contributed by atoms with E-state index >= 15 is 0 Å². The molecule has 0 amide bonds. The van der Waals surface area contributed by atoms with Crippen molar-refractivity contribution in [2.24, 2.45) is 0 Å². The Bertz CT molecular complexity index is 73.2. The first kappa shape index (κ1) is 22.7. The van der Waals surface area contributed by atoms with Gasteiger partial charge in [-0.2, -0.15) is 0 Å². The molecule has 0 aliphatic heterocycles. The van der Waals surface area contributed by atoms with Gasteiger partial charge in [0.25, 0.3) is 0 Å². The fourth-order valence-corrected chi connectivity index (χ4v) is 0. The molecule has 0 aliphatic rings. The Balaban J connectivity index is -0.00000000381. The van der Waals surface area contributed by atoms with Crippen LogP contribution in [0.15, 0.2) is 0 Å². The molecule has 8 heteroatoms. The van der Waals surface area contributed by atoms with E-state index in [4.69, 9.17) is 19.2 Å². The van der Waals surface area contributed by atoms with Crippen LogP contribution in [-0.4, -0.2) is 97.9 Å². The third kappa shape index (κ3) is 51.0. The molecule has 0 aromatic rings. The summed E-state index contributed by atoms with van der Waals surface area (Å²) in [6, 6.07) is 0. The minimum Gasteiger partial charge on any atom is -1.00 e. The van der Waals surface area contributed by atoms with Crippen molar-refractivity contribution in [2.75, 3.05) is 0 Å². The molecule has 0 heterocycles. The molecule has 0 saturated carbocycles. The Labute approximate surface area is 145 Å². The Morgan fingerprint density at radius 2 is 1.25 bits per heavy atom. The van der Waals surface area contributed by atoms with E-state index in [2.05, 4.69) is 0 Å². The van der Waals surface area contributed by atoms with E-state index in [9.17, 15) is 0 Å². The zero-order valence-corrected chi connectivity index (χ0v) is 13.6. The summed E-state index contributed by atoms with van der Waals surface area (Å²) in [6.07, 6.45) is 0. The second-order valence-corrected chi connectivity index (χ2v) is 1.54. The maximum Gasteiger partial charge on any atom is 2.00 e. The van der Waals surface area contributed by atoms with Crippen molar-refractivity contribution in [1.29, 1.82) is 0 Å². The van der Waals surface area contributed by atoms with Crippen molar-refractivity contribution in [2.45, 2.75) is 0 Å². The van der Waals surface area contributed by atoms with Gasteiger partial charge in [0.1, 0.15) is 0 Å². The van der Waals surface area contributed by atoms with Gasteiger partial charge in [-0.25, -0.2) is 4.57 Å². The van der Waals surface area contributed by atoms with E-state index in [1.807, 2.05) is 0 Å². The van der Waals surface area contributed by atoms with Gasteiger partial charge >= 0.3 is 91.0 Å². The average Bonchev–Trinajstić information content (AvgIpc) is 0.722. The molecule has 0 fully saturated rings. The largest absolute Gasteiger partial charge is 2.00 e. The van der Waals surface area contributed by atoms with Gasteiger partial charge in [-0.1, -0.05) is 0 Å². The van der Waals surface area contributed by atoms with Gasteiger partial charge in [-0.3, -0.25) is 0 Å². The molecule has 0 unspecified atom stereocenters. The second-order valence-electron chi connectivity index (χ2n) is 0.513. The summed E-state index contributed by atoms with van der Waals surface area (Å²) in [5, 5.41) is 0. The zero-order valence-electron chi connectivity index (χ0n) is 8.19. The standard InChI is InChI=1S/Ca.H3O4P.Sr.Y.4H/c;1-5(2,3)4;;;;;;/h;(H3,1,2,3,4);;;;;;/q+2;;+2;;4*-1. The molecular weight excluding hydrogens is 312 g/mol. The molecule has 0 aliphatic carbocycles. The van der Waals surface area contributed by atoms with Gasteiger partial charge in [-0.05, 0) is 0 Å². The predicted octanol–water partition coefficient (Wildman–Crippen LogP) is -1.24. The molecular formula is H7CaO4PSrY. The molecule has 3 N–H and O–H groups in total. The molecule has 0 saturated heterocycles. The van der Waals surface area contributed by atoms with Crippen molar-refractivity contribution in [3.63, 3.8) is 0 Å². The van der Waals surface area contributed by atoms with E-state index < -0.39 is 7.82 Å². The molecule has 43 valence electrons. The van der Waals surface area contributed by atoms with Gasteiger partial charge in [0.15, 0.2) is 0 Å². The average molecular weight is 319 g/mol. The van der Waals surface area contributed by atoms with Crippen LogP contribution in [0.25, 0.3) is 0 Å².